The van der Waals surface area contributed by atoms with Gasteiger partial charge in [0, 0.05) is 12.8 Å². The summed E-state index contributed by atoms with van der Waals surface area (Å²) in [6.07, 6.45) is 2.65. The Hall–Kier alpha value is -0.140. The van der Waals surface area contributed by atoms with E-state index in [1.54, 1.807) is 0 Å². The summed E-state index contributed by atoms with van der Waals surface area (Å²) in [6, 6.07) is 0. The summed E-state index contributed by atoms with van der Waals surface area (Å²) in [7, 11) is 0. The average molecular weight is 180 g/mol. The molecule has 0 aliphatic rings. The number of hydrogen-bond donors (Lipinski definition) is 0. The molecule has 2 heteroatoms. The molecule has 0 aromatic heterocycles. The average Bonchev–Trinajstić information content (AvgIpc) is 2.09. The van der Waals surface area contributed by atoms with E-state index in [9.17, 15) is 8.78 Å². The van der Waals surface area contributed by atoms with Crippen LogP contribution in [-0.4, -0.2) is 5.92 Å². The fourth-order valence-electron chi connectivity index (χ4n) is 0.810. The molecule has 12 heavy (non-hydrogen) atoms. The Balaban J connectivity index is 0. The van der Waals surface area contributed by atoms with Crippen LogP contribution in [0.1, 0.15) is 59.8 Å². The Morgan fingerprint density at radius 1 is 1.00 bits per heavy atom. The number of unbranched alkanes of at least 4 members (excludes halogenated alkanes) is 2. The molecular formula is C10H22F2. The maximum absolute atomic E-state index is 12.5. The number of alkyl halides is 2. The lowest BCUT2D eigenvalue weighted by molar-refractivity contribution is -0.0136. The molecule has 0 unspecified atom stereocenters. The van der Waals surface area contributed by atoms with Crippen molar-refractivity contribution in [2.45, 2.75) is 65.7 Å². The topological polar surface area (TPSA) is 0 Å². The molecule has 0 aromatic rings. The third kappa shape index (κ3) is 9.86. The second-order valence-corrected chi connectivity index (χ2v) is 2.67. The van der Waals surface area contributed by atoms with Gasteiger partial charge in [-0.05, 0) is 6.42 Å². The summed E-state index contributed by atoms with van der Waals surface area (Å²) in [4.78, 5) is 0. The van der Waals surface area contributed by atoms with E-state index >= 15 is 0 Å². The second-order valence-electron chi connectivity index (χ2n) is 2.67. The van der Waals surface area contributed by atoms with Gasteiger partial charge in [0.05, 0.1) is 0 Å². The molecule has 0 aliphatic carbocycles. The van der Waals surface area contributed by atoms with Gasteiger partial charge >= 0.3 is 0 Å². The first-order valence-corrected chi connectivity index (χ1v) is 5.00. The monoisotopic (exact) mass is 180 g/mol. The van der Waals surface area contributed by atoms with Crippen molar-refractivity contribution in [1.82, 2.24) is 0 Å². The lowest BCUT2D eigenvalue weighted by Crippen LogP contribution is -2.13. The highest BCUT2D eigenvalue weighted by molar-refractivity contribution is 4.62. The van der Waals surface area contributed by atoms with Gasteiger partial charge in [-0.1, -0.05) is 40.5 Å². The molecule has 0 fully saturated rings. The van der Waals surface area contributed by atoms with Gasteiger partial charge in [0.15, 0.2) is 0 Å². The van der Waals surface area contributed by atoms with Crippen molar-refractivity contribution in [1.29, 1.82) is 0 Å². The fourth-order valence-corrected chi connectivity index (χ4v) is 0.810. The highest BCUT2D eigenvalue weighted by atomic mass is 19.3. The molecule has 0 aliphatic heterocycles. The molecule has 0 spiro atoms. The van der Waals surface area contributed by atoms with Crippen LogP contribution in [-0.2, 0) is 0 Å². The van der Waals surface area contributed by atoms with Crippen LogP contribution < -0.4 is 0 Å². The van der Waals surface area contributed by atoms with E-state index in [-0.39, 0.29) is 12.8 Å². The van der Waals surface area contributed by atoms with Crippen molar-refractivity contribution >= 4 is 0 Å². The SMILES string of the molecule is CC.CCCCCC(F)(F)CC. The van der Waals surface area contributed by atoms with Gasteiger partial charge in [-0.2, -0.15) is 0 Å². The summed E-state index contributed by atoms with van der Waals surface area (Å²) in [5.74, 6) is -2.41. The van der Waals surface area contributed by atoms with Gasteiger partial charge in [0.25, 0.3) is 0 Å². The van der Waals surface area contributed by atoms with E-state index in [4.69, 9.17) is 0 Å². The van der Waals surface area contributed by atoms with Gasteiger partial charge in [-0.15, -0.1) is 0 Å². The molecule has 0 amide bonds. The van der Waals surface area contributed by atoms with E-state index in [1.807, 2.05) is 20.8 Å². The predicted octanol–water partition coefficient (Wildman–Crippen LogP) is 4.64. The van der Waals surface area contributed by atoms with E-state index in [2.05, 4.69) is 0 Å². The van der Waals surface area contributed by atoms with Crippen molar-refractivity contribution in [3.63, 3.8) is 0 Å². The van der Waals surface area contributed by atoms with Gasteiger partial charge in [0.1, 0.15) is 0 Å². The zero-order valence-corrected chi connectivity index (χ0v) is 8.79. The highest BCUT2D eigenvalue weighted by Crippen LogP contribution is 2.24. The van der Waals surface area contributed by atoms with Gasteiger partial charge in [-0.3, -0.25) is 0 Å². The first-order chi connectivity index (χ1) is 5.62. The van der Waals surface area contributed by atoms with Crippen molar-refractivity contribution in [3.8, 4) is 0 Å². The Labute approximate surface area is 75.4 Å². The van der Waals surface area contributed by atoms with Gasteiger partial charge < -0.3 is 0 Å². The molecule has 0 bridgehead atoms. The Bertz CT molecular complexity index is 79.9. The van der Waals surface area contributed by atoms with E-state index in [1.165, 1.54) is 6.92 Å². The van der Waals surface area contributed by atoms with Crippen LogP contribution in [0, 0.1) is 0 Å². The molecule has 76 valence electrons. The van der Waals surface area contributed by atoms with Crippen molar-refractivity contribution in [2.75, 3.05) is 0 Å². The summed E-state index contributed by atoms with van der Waals surface area (Å²) in [5, 5.41) is 0. The van der Waals surface area contributed by atoms with Gasteiger partial charge in [-0.25, -0.2) is 8.78 Å². The van der Waals surface area contributed by atoms with Crippen molar-refractivity contribution in [3.05, 3.63) is 0 Å². The zero-order chi connectivity index (χ0) is 10.0. The molecule has 0 rings (SSSR count). The van der Waals surface area contributed by atoms with Crippen molar-refractivity contribution in [2.24, 2.45) is 0 Å². The first-order valence-electron chi connectivity index (χ1n) is 5.00. The van der Waals surface area contributed by atoms with Crippen LogP contribution in [0.4, 0.5) is 8.78 Å². The zero-order valence-electron chi connectivity index (χ0n) is 8.79. The molecule has 0 radical (unpaired) electrons. The third-order valence-corrected chi connectivity index (χ3v) is 1.66. The molecule has 0 nitrogen and oxygen atoms in total. The molecule has 0 saturated heterocycles. The van der Waals surface area contributed by atoms with E-state index < -0.39 is 5.92 Å². The van der Waals surface area contributed by atoms with E-state index in [0.717, 1.165) is 12.8 Å². The van der Waals surface area contributed by atoms with Gasteiger partial charge in [0.2, 0.25) is 5.92 Å². The number of halogens is 2. The summed E-state index contributed by atoms with van der Waals surface area (Å²) < 4.78 is 25.0. The molecule has 0 N–H and O–H groups in total. The van der Waals surface area contributed by atoms with Crippen molar-refractivity contribution < 1.29 is 8.78 Å². The minimum absolute atomic E-state index is 0.0171. The van der Waals surface area contributed by atoms with Crippen LogP contribution >= 0.6 is 0 Å². The molecule has 0 atom stereocenters. The standard InChI is InChI=1S/C8H16F2.C2H6/c1-3-5-6-7-8(9,10)4-2;1-2/h3-7H2,1-2H3;1-2H3. The number of hydrogen-bond acceptors (Lipinski definition) is 0. The Kier molecular flexibility index (Phi) is 10.7. The molecule has 0 saturated carbocycles. The third-order valence-electron chi connectivity index (χ3n) is 1.66. The largest absolute Gasteiger partial charge is 0.247 e. The summed E-state index contributed by atoms with van der Waals surface area (Å²) >= 11 is 0. The molecular weight excluding hydrogens is 158 g/mol. The quantitative estimate of drug-likeness (QED) is 0.541. The summed E-state index contributed by atoms with van der Waals surface area (Å²) in [6.45, 7) is 7.55. The highest BCUT2D eigenvalue weighted by Gasteiger charge is 2.24. The second kappa shape index (κ2) is 8.95. The molecule has 0 heterocycles. The van der Waals surface area contributed by atoms with E-state index in [0.29, 0.717) is 6.42 Å². The van der Waals surface area contributed by atoms with Crippen LogP contribution in [0.5, 0.6) is 0 Å². The van der Waals surface area contributed by atoms with Crippen LogP contribution in [0.15, 0.2) is 0 Å². The normalized spacial score (nSPS) is 10.5. The Morgan fingerprint density at radius 3 is 1.83 bits per heavy atom. The predicted molar refractivity (Wildman–Crippen MR) is 50.7 cm³/mol. The van der Waals surface area contributed by atoms with Crippen LogP contribution in [0.2, 0.25) is 0 Å². The number of rotatable bonds is 5. The van der Waals surface area contributed by atoms with Crippen LogP contribution in [0.25, 0.3) is 0 Å². The summed E-state index contributed by atoms with van der Waals surface area (Å²) in [5.41, 5.74) is 0. The van der Waals surface area contributed by atoms with Crippen LogP contribution in [0.3, 0.4) is 0 Å². The first kappa shape index (κ1) is 14.4. The smallest absolute Gasteiger partial charge is 0.207 e. The lowest BCUT2D eigenvalue weighted by Gasteiger charge is -2.12. The lowest BCUT2D eigenvalue weighted by atomic mass is 10.1. The maximum Gasteiger partial charge on any atom is 0.247 e. The molecule has 0 aromatic carbocycles. The fraction of sp³-hybridized carbons (Fsp3) is 1.00. The minimum atomic E-state index is -2.41. The Morgan fingerprint density at radius 2 is 1.50 bits per heavy atom. The maximum atomic E-state index is 12.5. The minimum Gasteiger partial charge on any atom is -0.207 e.